The van der Waals surface area contributed by atoms with Gasteiger partial charge in [0, 0.05) is 17.6 Å². The predicted molar refractivity (Wildman–Crippen MR) is 72.2 cm³/mol. The van der Waals surface area contributed by atoms with Crippen LogP contribution in [0.25, 0.3) is 11.3 Å². The van der Waals surface area contributed by atoms with Crippen LogP contribution in [0.3, 0.4) is 0 Å². The number of ether oxygens (including phenoxy) is 1. The lowest BCUT2D eigenvalue weighted by molar-refractivity contribution is -0.0141. The van der Waals surface area contributed by atoms with E-state index in [1.807, 2.05) is 25.1 Å². The van der Waals surface area contributed by atoms with E-state index in [1.165, 1.54) is 0 Å². The fourth-order valence-corrected chi connectivity index (χ4v) is 2.62. The molecule has 3 heteroatoms. The molecule has 2 nitrogen and oxygen atoms in total. The zero-order valence-corrected chi connectivity index (χ0v) is 11.3. The minimum absolute atomic E-state index is 0.299. The summed E-state index contributed by atoms with van der Waals surface area (Å²) in [6.07, 6.45) is 0. The van der Waals surface area contributed by atoms with Gasteiger partial charge in [-0.2, -0.15) is 0 Å². The van der Waals surface area contributed by atoms with Crippen molar-refractivity contribution in [3.63, 3.8) is 0 Å². The van der Waals surface area contributed by atoms with E-state index in [-0.39, 0.29) is 5.60 Å². The lowest BCUT2D eigenvalue weighted by Gasteiger charge is -2.21. The Morgan fingerprint density at radius 1 is 1.24 bits per heavy atom. The molecule has 0 amide bonds. The topological polar surface area (TPSA) is 22.1 Å². The summed E-state index contributed by atoms with van der Waals surface area (Å²) in [5.41, 5.74) is 1.88. The van der Waals surface area contributed by atoms with Crippen molar-refractivity contribution in [2.45, 2.75) is 26.4 Å². The highest BCUT2D eigenvalue weighted by Crippen LogP contribution is 2.30. The van der Waals surface area contributed by atoms with Gasteiger partial charge in [0.25, 0.3) is 0 Å². The second-order valence-corrected chi connectivity index (χ2v) is 5.21. The molecule has 0 N–H and O–H groups in total. The number of rotatable bonds is 4. The van der Waals surface area contributed by atoms with Crippen LogP contribution >= 0.6 is 11.3 Å². The van der Waals surface area contributed by atoms with Crippen molar-refractivity contribution >= 4 is 11.3 Å². The molecule has 0 atom stereocenters. The van der Waals surface area contributed by atoms with Crippen molar-refractivity contribution in [1.29, 1.82) is 0 Å². The van der Waals surface area contributed by atoms with E-state index >= 15 is 0 Å². The fraction of sp³-hybridized carbons (Fsp3) is 0.357. The van der Waals surface area contributed by atoms with E-state index in [2.05, 4.69) is 36.3 Å². The first kappa shape index (κ1) is 12.3. The highest BCUT2D eigenvalue weighted by molar-refractivity contribution is 7.10. The SMILES string of the molecule is CCOC(C)(C)c1nc(-c2ccccc2)cs1. The molecule has 1 aromatic carbocycles. The highest BCUT2D eigenvalue weighted by atomic mass is 32.1. The Balaban J connectivity index is 2.28. The van der Waals surface area contributed by atoms with Gasteiger partial charge < -0.3 is 4.74 Å². The van der Waals surface area contributed by atoms with Gasteiger partial charge in [0.15, 0.2) is 0 Å². The maximum absolute atomic E-state index is 5.71. The molecule has 2 rings (SSSR count). The summed E-state index contributed by atoms with van der Waals surface area (Å²) < 4.78 is 5.71. The molecule has 0 aliphatic carbocycles. The van der Waals surface area contributed by atoms with Gasteiger partial charge in [0.05, 0.1) is 5.69 Å². The Bertz CT molecular complexity index is 476. The van der Waals surface area contributed by atoms with Crippen LogP contribution in [0.2, 0.25) is 0 Å². The third-order valence-electron chi connectivity index (χ3n) is 2.59. The molecule has 2 aromatic rings. The summed E-state index contributed by atoms with van der Waals surface area (Å²) in [4.78, 5) is 4.66. The number of benzene rings is 1. The van der Waals surface area contributed by atoms with Gasteiger partial charge in [0.1, 0.15) is 10.6 Å². The summed E-state index contributed by atoms with van der Waals surface area (Å²) in [6, 6.07) is 10.2. The van der Waals surface area contributed by atoms with Crippen LogP contribution in [0.15, 0.2) is 35.7 Å². The Labute approximate surface area is 106 Å². The van der Waals surface area contributed by atoms with Crippen LogP contribution in [0, 0.1) is 0 Å². The minimum Gasteiger partial charge on any atom is -0.369 e. The lowest BCUT2D eigenvalue weighted by Crippen LogP contribution is -2.21. The molecule has 0 fully saturated rings. The van der Waals surface area contributed by atoms with Crippen molar-refractivity contribution in [3.05, 3.63) is 40.7 Å². The smallest absolute Gasteiger partial charge is 0.125 e. The normalized spacial score (nSPS) is 11.7. The van der Waals surface area contributed by atoms with E-state index in [0.29, 0.717) is 6.61 Å². The van der Waals surface area contributed by atoms with Crippen LogP contribution < -0.4 is 0 Å². The first-order valence-corrected chi connectivity index (χ1v) is 6.67. The monoisotopic (exact) mass is 247 g/mol. The van der Waals surface area contributed by atoms with Crippen molar-refractivity contribution in [3.8, 4) is 11.3 Å². The summed E-state index contributed by atoms with van der Waals surface area (Å²) in [5, 5.41) is 3.11. The van der Waals surface area contributed by atoms with Crippen molar-refractivity contribution in [1.82, 2.24) is 4.98 Å². The maximum atomic E-state index is 5.71. The number of hydrogen-bond acceptors (Lipinski definition) is 3. The molecule has 0 bridgehead atoms. The third-order valence-corrected chi connectivity index (χ3v) is 3.74. The maximum Gasteiger partial charge on any atom is 0.125 e. The van der Waals surface area contributed by atoms with Gasteiger partial charge in [-0.05, 0) is 20.8 Å². The highest BCUT2D eigenvalue weighted by Gasteiger charge is 2.24. The van der Waals surface area contributed by atoms with Gasteiger partial charge in [-0.1, -0.05) is 30.3 Å². The number of thiazole rings is 1. The molecular weight excluding hydrogens is 230 g/mol. The molecule has 0 aliphatic heterocycles. The summed E-state index contributed by atoms with van der Waals surface area (Å²) >= 11 is 1.66. The molecule has 17 heavy (non-hydrogen) atoms. The van der Waals surface area contributed by atoms with E-state index < -0.39 is 0 Å². The van der Waals surface area contributed by atoms with E-state index in [4.69, 9.17) is 4.74 Å². The molecule has 0 aliphatic rings. The van der Waals surface area contributed by atoms with Gasteiger partial charge >= 0.3 is 0 Å². The Morgan fingerprint density at radius 3 is 2.59 bits per heavy atom. The van der Waals surface area contributed by atoms with Gasteiger partial charge in [-0.25, -0.2) is 4.98 Å². The van der Waals surface area contributed by atoms with Gasteiger partial charge in [-0.15, -0.1) is 11.3 Å². The van der Waals surface area contributed by atoms with Crippen LogP contribution in [0.1, 0.15) is 25.8 Å². The largest absolute Gasteiger partial charge is 0.369 e. The number of nitrogens with zero attached hydrogens (tertiary/aromatic N) is 1. The minimum atomic E-state index is -0.299. The van der Waals surface area contributed by atoms with Crippen LogP contribution in [-0.4, -0.2) is 11.6 Å². The number of hydrogen-bond donors (Lipinski definition) is 0. The molecule has 0 radical (unpaired) electrons. The van der Waals surface area contributed by atoms with Crippen LogP contribution in [0.4, 0.5) is 0 Å². The molecule has 1 heterocycles. The van der Waals surface area contributed by atoms with Gasteiger partial charge in [-0.3, -0.25) is 0 Å². The predicted octanol–water partition coefficient (Wildman–Crippen LogP) is 4.08. The Kier molecular flexibility index (Phi) is 3.60. The van der Waals surface area contributed by atoms with Crippen LogP contribution in [-0.2, 0) is 10.3 Å². The molecule has 90 valence electrons. The van der Waals surface area contributed by atoms with Crippen molar-refractivity contribution in [2.24, 2.45) is 0 Å². The summed E-state index contributed by atoms with van der Waals surface area (Å²) in [5.74, 6) is 0. The van der Waals surface area contributed by atoms with E-state index in [0.717, 1.165) is 16.3 Å². The first-order chi connectivity index (χ1) is 8.13. The lowest BCUT2D eigenvalue weighted by atomic mass is 10.1. The van der Waals surface area contributed by atoms with E-state index in [9.17, 15) is 0 Å². The fourth-order valence-electron chi connectivity index (χ4n) is 1.71. The third kappa shape index (κ3) is 2.73. The zero-order valence-electron chi connectivity index (χ0n) is 10.4. The summed E-state index contributed by atoms with van der Waals surface area (Å²) in [7, 11) is 0. The van der Waals surface area contributed by atoms with Crippen LogP contribution in [0.5, 0.6) is 0 Å². The van der Waals surface area contributed by atoms with Crippen molar-refractivity contribution in [2.75, 3.05) is 6.61 Å². The second kappa shape index (κ2) is 4.98. The average molecular weight is 247 g/mol. The molecule has 0 spiro atoms. The molecule has 0 saturated heterocycles. The number of aromatic nitrogens is 1. The Hall–Kier alpha value is -1.19. The zero-order chi connectivity index (χ0) is 12.3. The molecule has 1 aromatic heterocycles. The molecule has 0 unspecified atom stereocenters. The Morgan fingerprint density at radius 2 is 1.94 bits per heavy atom. The molecular formula is C14H17NOS. The second-order valence-electron chi connectivity index (χ2n) is 4.35. The van der Waals surface area contributed by atoms with Crippen molar-refractivity contribution < 1.29 is 4.74 Å². The quantitative estimate of drug-likeness (QED) is 0.812. The average Bonchev–Trinajstić information content (AvgIpc) is 2.80. The first-order valence-electron chi connectivity index (χ1n) is 5.79. The van der Waals surface area contributed by atoms with E-state index in [1.54, 1.807) is 11.3 Å². The summed E-state index contributed by atoms with van der Waals surface area (Å²) in [6.45, 7) is 6.83. The van der Waals surface area contributed by atoms with Gasteiger partial charge in [0.2, 0.25) is 0 Å². The molecule has 0 saturated carbocycles. The standard InChI is InChI=1S/C14H17NOS/c1-4-16-14(2,3)13-15-12(10-17-13)11-8-6-5-7-9-11/h5-10H,4H2,1-3H3.